The van der Waals surface area contributed by atoms with Gasteiger partial charge in [0, 0.05) is 17.1 Å². The maximum atomic E-state index is 12.2. The van der Waals surface area contributed by atoms with E-state index in [2.05, 4.69) is 19.0 Å². The zero-order chi connectivity index (χ0) is 15.2. The van der Waals surface area contributed by atoms with Gasteiger partial charge in [0.15, 0.2) is 6.61 Å². The van der Waals surface area contributed by atoms with Gasteiger partial charge in [0.1, 0.15) is 0 Å². The molecule has 4 nitrogen and oxygen atoms in total. The topological polar surface area (TPSA) is 41.9 Å². The van der Waals surface area contributed by atoms with Crippen molar-refractivity contribution in [2.45, 2.75) is 45.2 Å². The Morgan fingerprint density at radius 1 is 1.33 bits per heavy atom. The Hall–Kier alpha value is -1.55. The molecule has 1 saturated heterocycles. The van der Waals surface area contributed by atoms with Crippen LogP contribution in [0.1, 0.15) is 38.7 Å². The van der Waals surface area contributed by atoms with E-state index in [-0.39, 0.29) is 24.6 Å². The maximum absolute atomic E-state index is 12.2. The lowest BCUT2D eigenvalue weighted by molar-refractivity contribution is -0.142. The van der Waals surface area contributed by atoms with E-state index >= 15 is 0 Å². The number of rotatable bonds is 4. The van der Waals surface area contributed by atoms with Crippen LogP contribution in [0, 0.1) is 0 Å². The van der Waals surface area contributed by atoms with Crippen molar-refractivity contribution >= 4 is 23.7 Å². The fraction of sp³-hybridized carbons (Fsp3) is 0.500. The lowest BCUT2D eigenvalue weighted by Crippen LogP contribution is -2.48. The smallest absolute Gasteiger partial charge is 0.263 e. The molecule has 1 aliphatic rings. The lowest BCUT2D eigenvalue weighted by Gasteiger charge is -2.38. The molecular formula is C16H21ClN2O2. The highest BCUT2D eigenvalue weighted by molar-refractivity contribution is 6.30. The van der Waals surface area contributed by atoms with Crippen LogP contribution in [0.5, 0.6) is 0 Å². The molecule has 1 heterocycles. The van der Waals surface area contributed by atoms with E-state index in [1.807, 2.05) is 17.0 Å². The molecule has 0 bridgehead atoms. The van der Waals surface area contributed by atoms with Gasteiger partial charge in [-0.2, -0.15) is 0 Å². The molecule has 1 aromatic carbocycles. The molecule has 0 spiro atoms. The van der Waals surface area contributed by atoms with Gasteiger partial charge in [-0.15, -0.1) is 0 Å². The quantitative estimate of drug-likeness (QED) is 0.631. The van der Waals surface area contributed by atoms with Crippen molar-refractivity contribution in [1.82, 2.24) is 4.90 Å². The summed E-state index contributed by atoms with van der Waals surface area (Å²) in [6.45, 7) is 4.16. The number of carbonyl (C=O) groups excluding carboxylic acids is 1. The van der Waals surface area contributed by atoms with Gasteiger partial charge in [-0.25, -0.2) is 0 Å². The van der Waals surface area contributed by atoms with Crippen molar-refractivity contribution in [2.24, 2.45) is 5.16 Å². The van der Waals surface area contributed by atoms with Crippen molar-refractivity contribution in [3.63, 3.8) is 0 Å². The second-order valence-electron chi connectivity index (χ2n) is 5.49. The fourth-order valence-electron chi connectivity index (χ4n) is 2.73. The fourth-order valence-corrected chi connectivity index (χ4v) is 2.85. The Bertz CT molecular complexity index is 492. The highest BCUT2D eigenvalue weighted by Crippen LogP contribution is 2.22. The van der Waals surface area contributed by atoms with Gasteiger partial charge in [0.25, 0.3) is 5.91 Å². The maximum Gasteiger partial charge on any atom is 0.263 e. The molecule has 1 aromatic rings. The van der Waals surface area contributed by atoms with E-state index < -0.39 is 0 Å². The second kappa shape index (κ2) is 7.46. The van der Waals surface area contributed by atoms with Crippen LogP contribution in [-0.4, -0.2) is 35.7 Å². The average molecular weight is 309 g/mol. The zero-order valence-electron chi connectivity index (χ0n) is 12.5. The molecule has 0 N–H and O–H groups in total. The van der Waals surface area contributed by atoms with Gasteiger partial charge in [-0.05, 0) is 50.8 Å². The number of carbonyl (C=O) groups is 1. The predicted octanol–water partition coefficient (Wildman–Crippen LogP) is 3.48. The summed E-state index contributed by atoms with van der Waals surface area (Å²) in [4.78, 5) is 19.2. The van der Waals surface area contributed by atoms with Crippen LogP contribution < -0.4 is 0 Å². The monoisotopic (exact) mass is 308 g/mol. The Balaban J connectivity index is 1.82. The largest absolute Gasteiger partial charge is 0.386 e. The third kappa shape index (κ3) is 4.46. The van der Waals surface area contributed by atoms with Crippen LogP contribution in [0.2, 0.25) is 5.02 Å². The molecule has 21 heavy (non-hydrogen) atoms. The summed E-state index contributed by atoms with van der Waals surface area (Å²) in [6.07, 6.45) is 4.88. The number of hydrogen-bond donors (Lipinski definition) is 0. The molecule has 0 saturated carbocycles. The van der Waals surface area contributed by atoms with E-state index in [1.54, 1.807) is 18.3 Å². The minimum Gasteiger partial charge on any atom is -0.386 e. The van der Waals surface area contributed by atoms with Gasteiger partial charge in [-0.3, -0.25) is 4.79 Å². The first-order valence-electron chi connectivity index (χ1n) is 7.30. The Morgan fingerprint density at radius 3 is 2.57 bits per heavy atom. The number of nitrogens with zero attached hydrogens (tertiary/aromatic N) is 2. The summed E-state index contributed by atoms with van der Waals surface area (Å²) in [6, 6.07) is 7.81. The van der Waals surface area contributed by atoms with Crippen LogP contribution >= 0.6 is 11.6 Å². The summed E-state index contributed by atoms with van der Waals surface area (Å²) in [5, 5.41) is 4.52. The number of amides is 1. The predicted molar refractivity (Wildman–Crippen MR) is 84.6 cm³/mol. The first-order chi connectivity index (χ1) is 10.1. The minimum atomic E-state index is -0.0151. The molecule has 1 fully saturated rings. The third-order valence-corrected chi connectivity index (χ3v) is 4.07. The van der Waals surface area contributed by atoms with Gasteiger partial charge in [0.2, 0.25) is 0 Å². The highest BCUT2D eigenvalue weighted by Gasteiger charge is 2.28. The van der Waals surface area contributed by atoms with Crippen LogP contribution in [0.4, 0.5) is 0 Å². The normalized spacial score (nSPS) is 22.5. The van der Waals surface area contributed by atoms with E-state index in [4.69, 9.17) is 16.4 Å². The Morgan fingerprint density at radius 2 is 1.95 bits per heavy atom. The first-order valence-corrected chi connectivity index (χ1v) is 7.68. The third-order valence-electron chi connectivity index (χ3n) is 3.82. The molecule has 0 aliphatic carbocycles. The van der Waals surface area contributed by atoms with Crippen molar-refractivity contribution < 1.29 is 9.63 Å². The molecule has 5 heteroatoms. The SMILES string of the molecule is CC1CCCC(C)N1C(=O)CON=Cc1ccc(Cl)cc1. The molecule has 0 aromatic heterocycles. The Kier molecular flexibility index (Phi) is 5.62. The summed E-state index contributed by atoms with van der Waals surface area (Å²) in [7, 11) is 0. The second-order valence-corrected chi connectivity index (χ2v) is 5.93. The Labute approximate surface area is 130 Å². The number of likely N-dealkylation sites (tertiary alicyclic amines) is 1. The average Bonchev–Trinajstić information content (AvgIpc) is 2.45. The van der Waals surface area contributed by atoms with Gasteiger partial charge >= 0.3 is 0 Å². The number of hydrogen-bond acceptors (Lipinski definition) is 3. The van der Waals surface area contributed by atoms with Gasteiger partial charge in [-0.1, -0.05) is 28.9 Å². The van der Waals surface area contributed by atoms with Gasteiger partial charge < -0.3 is 9.74 Å². The molecule has 2 atom stereocenters. The summed E-state index contributed by atoms with van der Waals surface area (Å²) >= 11 is 5.80. The van der Waals surface area contributed by atoms with Crippen LogP contribution in [-0.2, 0) is 9.63 Å². The lowest BCUT2D eigenvalue weighted by atomic mass is 9.97. The molecule has 1 aliphatic heterocycles. The van der Waals surface area contributed by atoms with Crippen LogP contribution in [0.25, 0.3) is 0 Å². The molecular weight excluding hydrogens is 288 g/mol. The standard InChI is InChI=1S/C16H21ClN2O2/c1-12-4-3-5-13(2)19(12)16(20)11-21-18-10-14-6-8-15(17)9-7-14/h6-10,12-13H,3-5,11H2,1-2H3. The summed E-state index contributed by atoms with van der Waals surface area (Å²) < 4.78 is 0. The summed E-state index contributed by atoms with van der Waals surface area (Å²) in [5.41, 5.74) is 0.881. The van der Waals surface area contributed by atoms with Crippen molar-refractivity contribution in [3.8, 4) is 0 Å². The van der Waals surface area contributed by atoms with E-state index in [9.17, 15) is 4.79 Å². The zero-order valence-corrected chi connectivity index (χ0v) is 13.2. The van der Waals surface area contributed by atoms with Crippen LogP contribution in [0.3, 0.4) is 0 Å². The van der Waals surface area contributed by atoms with Crippen molar-refractivity contribution in [3.05, 3.63) is 34.9 Å². The van der Waals surface area contributed by atoms with E-state index in [0.717, 1.165) is 18.4 Å². The molecule has 114 valence electrons. The van der Waals surface area contributed by atoms with E-state index in [0.29, 0.717) is 5.02 Å². The van der Waals surface area contributed by atoms with Crippen molar-refractivity contribution in [1.29, 1.82) is 0 Å². The number of oxime groups is 1. The molecule has 2 unspecified atom stereocenters. The number of piperidine rings is 1. The minimum absolute atomic E-state index is 0.00274. The van der Waals surface area contributed by atoms with Crippen molar-refractivity contribution in [2.75, 3.05) is 6.61 Å². The highest BCUT2D eigenvalue weighted by atomic mass is 35.5. The number of halogens is 1. The van der Waals surface area contributed by atoms with E-state index in [1.165, 1.54) is 6.42 Å². The molecule has 1 amide bonds. The molecule has 0 radical (unpaired) electrons. The van der Waals surface area contributed by atoms with Crippen LogP contribution in [0.15, 0.2) is 29.4 Å². The first kappa shape index (κ1) is 15.8. The van der Waals surface area contributed by atoms with Gasteiger partial charge in [0.05, 0.1) is 6.21 Å². The molecule has 2 rings (SSSR count). The number of benzene rings is 1. The summed E-state index contributed by atoms with van der Waals surface area (Å²) in [5.74, 6) is 0.00274.